The summed E-state index contributed by atoms with van der Waals surface area (Å²) >= 11 is 0. The number of rotatable bonds is 4. The van der Waals surface area contributed by atoms with E-state index < -0.39 is 0 Å². The second-order valence-electron chi connectivity index (χ2n) is 4.11. The molecule has 0 fully saturated rings. The largest absolute Gasteiger partial charge is 0.374 e. The van der Waals surface area contributed by atoms with Gasteiger partial charge in [-0.2, -0.15) is 0 Å². The fraction of sp³-hybridized carbons (Fsp3) is 0.500. The molecule has 0 atom stereocenters. The van der Waals surface area contributed by atoms with Crippen LogP contribution in [0, 0.1) is 5.92 Å². The van der Waals surface area contributed by atoms with Gasteiger partial charge >= 0.3 is 0 Å². The number of para-hydroxylation sites is 1. The Hall–Kier alpha value is -1.02. The molecule has 1 aromatic carbocycles. The monoisotopic (exact) mass is 192 g/mol. The van der Waals surface area contributed by atoms with Crippen molar-refractivity contribution < 1.29 is 0 Å². The molecule has 2 heteroatoms. The highest BCUT2D eigenvalue weighted by Gasteiger charge is 2.06. The summed E-state index contributed by atoms with van der Waals surface area (Å²) < 4.78 is 0. The minimum absolute atomic E-state index is 0.610. The minimum Gasteiger partial charge on any atom is -0.374 e. The van der Waals surface area contributed by atoms with Crippen LogP contribution in [0.5, 0.6) is 0 Å². The Bertz CT molecular complexity index is 281. The molecule has 78 valence electrons. The number of benzene rings is 1. The third-order valence-electron chi connectivity index (χ3n) is 2.26. The second-order valence-corrected chi connectivity index (χ2v) is 4.11. The fourth-order valence-corrected chi connectivity index (χ4v) is 1.70. The van der Waals surface area contributed by atoms with E-state index in [1.165, 1.54) is 11.3 Å². The molecule has 0 spiro atoms. The van der Waals surface area contributed by atoms with Gasteiger partial charge in [-0.3, -0.25) is 0 Å². The van der Waals surface area contributed by atoms with Gasteiger partial charge in [-0.05, 0) is 17.5 Å². The molecule has 1 aromatic rings. The summed E-state index contributed by atoms with van der Waals surface area (Å²) in [6, 6.07) is 8.32. The fourth-order valence-electron chi connectivity index (χ4n) is 1.70. The molecular weight excluding hydrogens is 172 g/mol. The molecule has 0 amide bonds. The first-order valence-electron chi connectivity index (χ1n) is 5.14. The summed E-state index contributed by atoms with van der Waals surface area (Å²) in [4.78, 5) is 2.27. The normalized spacial score (nSPS) is 10.6. The molecule has 0 heterocycles. The maximum Gasteiger partial charge on any atom is 0.0409 e. The smallest absolute Gasteiger partial charge is 0.0409 e. The van der Waals surface area contributed by atoms with Gasteiger partial charge in [0, 0.05) is 25.8 Å². The Morgan fingerprint density at radius 3 is 2.50 bits per heavy atom. The van der Waals surface area contributed by atoms with Gasteiger partial charge in [-0.25, -0.2) is 0 Å². The molecule has 14 heavy (non-hydrogen) atoms. The second kappa shape index (κ2) is 5.01. The third-order valence-corrected chi connectivity index (χ3v) is 2.26. The van der Waals surface area contributed by atoms with Gasteiger partial charge < -0.3 is 10.6 Å². The van der Waals surface area contributed by atoms with Gasteiger partial charge in [-0.1, -0.05) is 32.0 Å². The highest BCUT2D eigenvalue weighted by molar-refractivity contribution is 5.52. The van der Waals surface area contributed by atoms with Crippen LogP contribution in [0.1, 0.15) is 19.4 Å². The zero-order valence-corrected chi connectivity index (χ0v) is 9.33. The summed E-state index contributed by atoms with van der Waals surface area (Å²) in [5.74, 6) is 0.672. The molecule has 0 aliphatic rings. The van der Waals surface area contributed by atoms with E-state index >= 15 is 0 Å². The van der Waals surface area contributed by atoms with Gasteiger partial charge in [0.05, 0.1) is 0 Å². The predicted molar refractivity (Wildman–Crippen MR) is 62.4 cm³/mol. The van der Waals surface area contributed by atoms with Crippen LogP contribution in [0.4, 0.5) is 5.69 Å². The van der Waals surface area contributed by atoms with Crippen molar-refractivity contribution in [2.24, 2.45) is 11.7 Å². The maximum atomic E-state index is 5.69. The Morgan fingerprint density at radius 2 is 1.93 bits per heavy atom. The maximum absolute atomic E-state index is 5.69. The van der Waals surface area contributed by atoms with Crippen molar-refractivity contribution in [1.29, 1.82) is 0 Å². The lowest BCUT2D eigenvalue weighted by molar-refractivity contribution is 0.637. The van der Waals surface area contributed by atoms with Crippen LogP contribution in [0.2, 0.25) is 0 Å². The highest BCUT2D eigenvalue weighted by Crippen LogP contribution is 2.19. The summed E-state index contributed by atoms with van der Waals surface area (Å²) in [6.07, 6.45) is 0. The molecule has 0 unspecified atom stereocenters. The van der Waals surface area contributed by atoms with E-state index in [1.54, 1.807) is 0 Å². The zero-order valence-electron chi connectivity index (χ0n) is 9.33. The molecule has 0 aliphatic heterocycles. The highest BCUT2D eigenvalue weighted by atomic mass is 15.1. The van der Waals surface area contributed by atoms with Gasteiger partial charge in [0.25, 0.3) is 0 Å². The lowest BCUT2D eigenvalue weighted by Gasteiger charge is -2.23. The summed E-state index contributed by atoms with van der Waals surface area (Å²) in [7, 11) is 2.12. The van der Waals surface area contributed by atoms with Crippen LogP contribution in [0.3, 0.4) is 0 Å². The van der Waals surface area contributed by atoms with Crippen LogP contribution in [0.15, 0.2) is 24.3 Å². The lowest BCUT2D eigenvalue weighted by atomic mass is 10.1. The van der Waals surface area contributed by atoms with E-state index in [9.17, 15) is 0 Å². The van der Waals surface area contributed by atoms with E-state index in [2.05, 4.69) is 44.0 Å². The first kappa shape index (κ1) is 11.1. The molecule has 0 aliphatic carbocycles. The third kappa shape index (κ3) is 2.74. The van der Waals surface area contributed by atoms with Gasteiger partial charge in [0.15, 0.2) is 0 Å². The van der Waals surface area contributed by atoms with Gasteiger partial charge in [0.2, 0.25) is 0 Å². The Labute approximate surface area is 86.7 Å². The summed E-state index contributed by atoms with van der Waals surface area (Å²) in [5, 5.41) is 0. The van der Waals surface area contributed by atoms with Crippen LogP contribution in [0.25, 0.3) is 0 Å². The van der Waals surface area contributed by atoms with E-state index in [0.29, 0.717) is 12.5 Å². The molecule has 2 N–H and O–H groups in total. The zero-order chi connectivity index (χ0) is 10.6. The topological polar surface area (TPSA) is 29.3 Å². The number of hydrogen-bond acceptors (Lipinski definition) is 2. The first-order valence-corrected chi connectivity index (χ1v) is 5.14. The average Bonchev–Trinajstić information content (AvgIpc) is 2.16. The molecule has 0 saturated carbocycles. The summed E-state index contributed by atoms with van der Waals surface area (Å²) in [6.45, 7) is 6.12. The van der Waals surface area contributed by atoms with Crippen molar-refractivity contribution >= 4 is 5.69 Å². The minimum atomic E-state index is 0.610. The van der Waals surface area contributed by atoms with Gasteiger partial charge in [0.1, 0.15) is 0 Å². The number of anilines is 1. The van der Waals surface area contributed by atoms with Crippen molar-refractivity contribution in [3.63, 3.8) is 0 Å². The predicted octanol–water partition coefficient (Wildman–Crippen LogP) is 2.24. The van der Waals surface area contributed by atoms with E-state index in [1.807, 2.05) is 6.07 Å². The van der Waals surface area contributed by atoms with Crippen LogP contribution < -0.4 is 10.6 Å². The summed E-state index contributed by atoms with van der Waals surface area (Å²) in [5.41, 5.74) is 8.16. The molecular formula is C12H20N2. The molecule has 0 radical (unpaired) electrons. The van der Waals surface area contributed by atoms with Crippen molar-refractivity contribution in [3.8, 4) is 0 Å². The number of nitrogens with zero attached hydrogens (tertiary/aromatic N) is 1. The van der Waals surface area contributed by atoms with Crippen molar-refractivity contribution in [1.82, 2.24) is 0 Å². The lowest BCUT2D eigenvalue weighted by Crippen LogP contribution is -2.24. The van der Waals surface area contributed by atoms with E-state index in [4.69, 9.17) is 5.73 Å². The average molecular weight is 192 g/mol. The standard InChI is InChI=1S/C12H20N2/c1-10(2)9-14(3)12-7-5-4-6-11(12)8-13/h4-7,10H,8-9,13H2,1-3H3. The number of hydrogen-bond donors (Lipinski definition) is 1. The molecule has 1 rings (SSSR count). The Balaban J connectivity index is 2.82. The van der Waals surface area contributed by atoms with Crippen LogP contribution in [-0.2, 0) is 6.54 Å². The van der Waals surface area contributed by atoms with E-state index in [0.717, 1.165) is 6.54 Å². The molecule has 0 bridgehead atoms. The molecule has 0 aromatic heterocycles. The van der Waals surface area contributed by atoms with Gasteiger partial charge in [-0.15, -0.1) is 0 Å². The quantitative estimate of drug-likeness (QED) is 0.792. The number of nitrogens with two attached hydrogens (primary N) is 1. The molecule has 2 nitrogen and oxygen atoms in total. The van der Waals surface area contributed by atoms with Crippen molar-refractivity contribution in [3.05, 3.63) is 29.8 Å². The van der Waals surface area contributed by atoms with Crippen molar-refractivity contribution in [2.45, 2.75) is 20.4 Å². The SMILES string of the molecule is CC(C)CN(C)c1ccccc1CN. The first-order chi connectivity index (χ1) is 6.65. The van der Waals surface area contributed by atoms with Crippen molar-refractivity contribution in [2.75, 3.05) is 18.5 Å². The van der Waals surface area contributed by atoms with E-state index in [-0.39, 0.29) is 0 Å². The van der Waals surface area contributed by atoms with Crippen LogP contribution >= 0.6 is 0 Å². The Kier molecular flexibility index (Phi) is 3.96. The van der Waals surface area contributed by atoms with Crippen LogP contribution in [-0.4, -0.2) is 13.6 Å². The molecule has 0 saturated heterocycles. The Morgan fingerprint density at radius 1 is 1.29 bits per heavy atom.